The van der Waals surface area contributed by atoms with E-state index in [4.69, 9.17) is 5.73 Å². The van der Waals surface area contributed by atoms with Gasteiger partial charge in [-0.3, -0.25) is 4.79 Å². The van der Waals surface area contributed by atoms with E-state index in [-0.39, 0.29) is 5.56 Å². The summed E-state index contributed by atoms with van der Waals surface area (Å²) in [6.45, 7) is 0.664. The largest absolute Gasteiger partial charge is 0.347 e. The summed E-state index contributed by atoms with van der Waals surface area (Å²) in [5.74, 6) is 4.73. The highest BCUT2D eigenvalue weighted by molar-refractivity contribution is 7.10. The predicted octanol–water partition coefficient (Wildman–Crippen LogP) is 2.13. The van der Waals surface area contributed by atoms with Crippen LogP contribution in [0.4, 0.5) is 4.39 Å². The van der Waals surface area contributed by atoms with E-state index >= 15 is 0 Å². The number of benzene rings is 1. The van der Waals surface area contributed by atoms with Gasteiger partial charge in [-0.1, -0.05) is 24.0 Å². The summed E-state index contributed by atoms with van der Waals surface area (Å²) in [6, 6.07) is 7.78. The van der Waals surface area contributed by atoms with Crippen LogP contribution in [0.25, 0.3) is 0 Å². The quantitative estimate of drug-likeness (QED) is 0.850. The van der Waals surface area contributed by atoms with E-state index in [9.17, 15) is 9.18 Å². The summed E-state index contributed by atoms with van der Waals surface area (Å²) in [6.07, 6.45) is 0. The summed E-state index contributed by atoms with van der Waals surface area (Å²) in [5, 5.41) is 4.58. The summed E-state index contributed by atoms with van der Waals surface area (Å²) < 4.78 is 13.4. The summed E-state index contributed by atoms with van der Waals surface area (Å²) >= 11 is 1.49. The van der Waals surface area contributed by atoms with Crippen LogP contribution in [-0.4, -0.2) is 12.5 Å². The van der Waals surface area contributed by atoms with Crippen molar-refractivity contribution in [1.82, 2.24) is 5.32 Å². The molecule has 5 heteroatoms. The van der Waals surface area contributed by atoms with Gasteiger partial charge < -0.3 is 11.1 Å². The smallest absolute Gasteiger partial charge is 0.254 e. The van der Waals surface area contributed by atoms with Crippen LogP contribution in [0.3, 0.4) is 0 Å². The van der Waals surface area contributed by atoms with Crippen LogP contribution >= 0.6 is 11.3 Å². The number of rotatable bonds is 3. The fraction of sp³-hybridized carbons (Fsp3) is 0.133. The van der Waals surface area contributed by atoms with E-state index in [1.165, 1.54) is 23.5 Å². The zero-order valence-corrected chi connectivity index (χ0v) is 11.5. The summed E-state index contributed by atoms with van der Waals surface area (Å²) in [5.41, 5.74) is 6.22. The maximum atomic E-state index is 13.4. The fourth-order valence-electron chi connectivity index (χ4n) is 1.60. The molecule has 2 aromatic rings. The number of carbonyl (C=O) groups excluding carboxylic acids is 1. The van der Waals surface area contributed by atoms with Crippen LogP contribution in [0.1, 0.15) is 20.8 Å². The summed E-state index contributed by atoms with van der Waals surface area (Å²) in [4.78, 5) is 12.8. The predicted molar refractivity (Wildman–Crippen MR) is 77.8 cm³/mol. The molecule has 20 heavy (non-hydrogen) atoms. The Labute approximate surface area is 120 Å². The monoisotopic (exact) mass is 288 g/mol. The number of carbonyl (C=O) groups is 1. The molecule has 1 amide bonds. The molecule has 102 valence electrons. The minimum Gasteiger partial charge on any atom is -0.347 e. The van der Waals surface area contributed by atoms with Crippen molar-refractivity contribution in [2.45, 2.75) is 6.54 Å². The normalized spacial score (nSPS) is 9.70. The van der Waals surface area contributed by atoms with Crippen LogP contribution in [-0.2, 0) is 6.54 Å². The van der Waals surface area contributed by atoms with Gasteiger partial charge in [0.2, 0.25) is 0 Å². The second-order valence-corrected chi connectivity index (χ2v) is 4.97. The Hall–Kier alpha value is -2.16. The molecule has 0 atom stereocenters. The Morgan fingerprint density at radius 2 is 2.20 bits per heavy atom. The van der Waals surface area contributed by atoms with Gasteiger partial charge in [0.25, 0.3) is 5.91 Å². The van der Waals surface area contributed by atoms with Gasteiger partial charge >= 0.3 is 0 Å². The van der Waals surface area contributed by atoms with Crippen molar-refractivity contribution < 1.29 is 9.18 Å². The van der Waals surface area contributed by atoms with Crippen LogP contribution in [0.15, 0.2) is 35.7 Å². The van der Waals surface area contributed by atoms with Crippen LogP contribution in [0.2, 0.25) is 0 Å². The molecule has 3 N–H and O–H groups in total. The van der Waals surface area contributed by atoms with E-state index in [2.05, 4.69) is 17.2 Å². The molecule has 0 aliphatic carbocycles. The molecular weight excluding hydrogens is 275 g/mol. The lowest BCUT2D eigenvalue weighted by Gasteiger charge is -2.04. The zero-order chi connectivity index (χ0) is 14.4. The van der Waals surface area contributed by atoms with E-state index < -0.39 is 11.7 Å². The van der Waals surface area contributed by atoms with Gasteiger partial charge in [-0.05, 0) is 18.2 Å². The van der Waals surface area contributed by atoms with E-state index in [0.29, 0.717) is 13.1 Å². The molecule has 1 aromatic carbocycles. The maximum absolute atomic E-state index is 13.4. The van der Waals surface area contributed by atoms with Gasteiger partial charge in [-0.25, -0.2) is 4.39 Å². The molecule has 1 heterocycles. The third-order valence-corrected chi connectivity index (χ3v) is 3.47. The summed E-state index contributed by atoms with van der Waals surface area (Å²) in [7, 11) is 0. The molecule has 0 radical (unpaired) electrons. The molecule has 0 aliphatic heterocycles. The second kappa shape index (κ2) is 6.85. The maximum Gasteiger partial charge on any atom is 0.254 e. The molecule has 0 fully saturated rings. The van der Waals surface area contributed by atoms with Crippen molar-refractivity contribution in [3.63, 3.8) is 0 Å². The first-order valence-corrected chi connectivity index (χ1v) is 6.87. The third kappa shape index (κ3) is 3.67. The number of nitrogens with one attached hydrogen (secondary N) is 1. The number of nitrogens with two attached hydrogens (primary N) is 1. The number of halogens is 1. The van der Waals surface area contributed by atoms with Gasteiger partial charge in [0.15, 0.2) is 0 Å². The Kier molecular flexibility index (Phi) is 4.88. The Bertz CT molecular complexity index is 670. The van der Waals surface area contributed by atoms with Crippen molar-refractivity contribution in [3.8, 4) is 11.8 Å². The van der Waals surface area contributed by atoms with Crippen molar-refractivity contribution in [2.24, 2.45) is 5.73 Å². The molecule has 0 saturated heterocycles. The van der Waals surface area contributed by atoms with Crippen molar-refractivity contribution in [1.29, 1.82) is 0 Å². The van der Waals surface area contributed by atoms with Crippen LogP contribution < -0.4 is 11.1 Å². The van der Waals surface area contributed by atoms with Crippen LogP contribution in [0, 0.1) is 17.7 Å². The highest BCUT2D eigenvalue weighted by atomic mass is 32.1. The molecule has 0 unspecified atom stereocenters. The fourth-order valence-corrected chi connectivity index (χ4v) is 2.36. The van der Waals surface area contributed by atoms with Gasteiger partial charge in [-0.15, -0.1) is 11.3 Å². The van der Waals surface area contributed by atoms with Gasteiger partial charge in [0, 0.05) is 15.8 Å². The minimum absolute atomic E-state index is 0.0483. The van der Waals surface area contributed by atoms with Gasteiger partial charge in [0.1, 0.15) is 5.82 Å². The zero-order valence-electron chi connectivity index (χ0n) is 10.7. The van der Waals surface area contributed by atoms with Crippen molar-refractivity contribution in [2.75, 3.05) is 6.54 Å². The lowest BCUT2D eigenvalue weighted by molar-refractivity contribution is 0.0947. The van der Waals surface area contributed by atoms with Gasteiger partial charge in [-0.2, -0.15) is 0 Å². The SMILES string of the molecule is NCC#Cc1csc(CNC(=O)c2ccccc2F)c1. The number of hydrogen-bond donors (Lipinski definition) is 2. The van der Waals surface area contributed by atoms with E-state index in [1.807, 2.05) is 11.4 Å². The highest BCUT2D eigenvalue weighted by Crippen LogP contribution is 2.14. The average molecular weight is 288 g/mol. The Morgan fingerprint density at radius 1 is 1.40 bits per heavy atom. The van der Waals surface area contributed by atoms with Crippen molar-refractivity contribution in [3.05, 3.63) is 57.5 Å². The molecule has 0 aliphatic rings. The highest BCUT2D eigenvalue weighted by Gasteiger charge is 2.10. The molecule has 0 spiro atoms. The topological polar surface area (TPSA) is 55.1 Å². The lowest BCUT2D eigenvalue weighted by Crippen LogP contribution is -2.23. The third-order valence-electron chi connectivity index (χ3n) is 2.53. The van der Waals surface area contributed by atoms with E-state index in [1.54, 1.807) is 12.1 Å². The molecule has 0 bridgehead atoms. The standard InChI is InChI=1S/C15H13FN2OS/c16-14-6-2-1-5-13(14)15(19)18-9-12-8-11(10-20-12)4-3-7-17/h1-2,5-6,8,10H,7,9,17H2,(H,18,19). The number of thiophene rings is 1. The van der Waals surface area contributed by atoms with Gasteiger partial charge in [0.05, 0.1) is 18.7 Å². The Morgan fingerprint density at radius 3 is 2.95 bits per heavy atom. The minimum atomic E-state index is -0.523. The lowest BCUT2D eigenvalue weighted by atomic mass is 10.2. The van der Waals surface area contributed by atoms with Crippen molar-refractivity contribution >= 4 is 17.2 Å². The number of hydrogen-bond acceptors (Lipinski definition) is 3. The second-order valence-electron chi connectivity index (χ2n) is 3.97. The molecular formula is C15H13FN2OS. The molecule has 1 aromatic heterocycles. The first-order valence-electron chi connectivity index (χ1n) is 6.00. The molecule has 2 rings (SSSR count). The first kappa shape index (κ1) is 14.3. The van der Waals surface area contributed by atoms with E-state index in [0.717, 1.165) is 10.4 Å². The Balaban J connectivity index is 1.97. The average Bonchev–Trinajstić information content (AvgIpc) is 2.91. The molecule has 3 nitrogen and oxygen atoms in total. The number of amides is 1. The van der Waals surface area contributed by atoms with Crippen LogP contribution in [0.5, 0.6) is 0 Å². The molecule has 0 saturated carbocycles. The first-order chi connectivity index (χ1) is 9.70.